The predicted octanol–water partition coefficient (Wildman–Crippen LogP) is 0.408. The Morgan fingerprint density at radius 3 is 2.28 bits per heavy atom. The van der Waals surface area contributed by atoms with Gasteiger partial charge in [-0.15, -0.1) is 0 Å². The van der Waals surface area contributed by atoms with Crippen LogP contribution in [-0.4, -0.2) is 41.9 Å². The van der Waals surface area contributed by atoms with Crippen LogP contribution in [-0.2, 0) is 9.53 Å². The second-order valence-electron chi connectivity index (χ2n) is 6.37. The molecule has 0 aliphatic carbocycles. The van der Waals surface area contributed by atoms with Crippen molar-refractivity contribution in [3.8, 4) is 0 Å². The van der Waals surface area contributed by atoms with Gasteiger partial charge in [0.05, 0.1) is 11.0 Å². The smallest absolute Gasteiger partial charge is 0.227 e. The van der Waals surface area contributed by atoms with E-state index in [4.69, 9.17) is 10.5 Å². The number of ether oxygens (including phenoxy) is 1. The van der Waals surface area contributed by atoms with Crippen molar-refractivity contribution in [2.24, 2.45) is 11.1 Å². The summed E-state index contributed by atoms with van der Waals surface area (Å²) in [4.78, 5) is 12.2. The minimum Gasteiger partial charge on any atom is -0.388 e. The molecule has 0 unspecified atom stereocenters. The van der Waals surface area contributed by atoms with Crippen LogP contribution in [0.5, 0.6) is 0 Å². The second-order valence-corrected chi connectivity index (χ2v) is 6.37. The summed E-state index contributed by atoms with van der Waals surface area (Å²) in [5.74, 6) is -0.130. The van der Waals surface area contributed by atoms with Crippen molar-refractivity contribution in [1.82, 2.24) is 5.32 Å². The summed E-state index contributed by atoms with van der Waals surface area (Å²) in [5.41, 5.74) is 3.87. The zero-order valence-electron chi connectivity index (χ0n) is 11.9. The van der Waals surface area contributed by atoms with E-state index >= 15 is 0 Å². The van der Waals surface area contributed by atoms with Gasteiger partial charge in [-0.05, 0) is 27.7 Å². The fourth-order valence-corrected chi connectivity index (χ4v) is 1.69. The van der Waals surface area contributed by atoms with Gasteiger partial charge in [-0.3, -0.25) is 4.79 Å². The fourth-order valence-electron chi connectivity index (χ4n) is 1.69. The Kier molecular flexibility index (Phi) is 4.41. The Morgan fingerprint density at radius 2 is 1.83 bits per heavy atom. The molecule has 0 bridgehead atoms. The lowest BCUT2D eigenvalue weighted by atomic mass is 9.74. The minimum atomic E-state index is -0.845. The summed E-state index contributed by atoms with van der Waals surface area (Å²) in [7, 11) is 0. The topological polar surface area (TPSA) is 84.6 Å². The van der Waals surface area contributed by atoms with Crippen molar-refractivity contribution in [1.29, 1.82) is 0 Å². The van der Waals surface area contributed by atoms with E-state index in [1.165, 1.54) is 0 Å². The number of nitrogens with two attached hydrogens (primary N) is 1. The Morgan fingerprint density at radius 1 is 1.33 bits per heavy atom. The maximum atomic E-state index is 12.2. The van der Waals surface area contributed by atoms with Crippen LogP contribution in [0.4, 0.5) is 0 Å². The zero-order chi connectivity index (χ0) is 14.0. The highest BCUT2D eigenvalue weighted by atomic mass is 16.5. The van der Waals surface area contributed by atoms with Gasteiger partial charge in [-0.25, -0.2) is 0 Å². The average Bonchev–Trinajstić information content (AvgIpc) is 2.25. The second kappa shape index (κ2) is 5.15. The van der Waals surface area contributed by atoms with Crippen LogP contribution in [0.3, 0.4) is 0 Å². The zero-order valence-corrected chi connectivity index (χ0v) is 11.9. The third-order valence-electron chi connectivity index (χ3n) is 4.18. The SMILES string of the molecule is CC(C)(N)C(C)(C)C(=O)NCC1(O)CCOCC1. The van der Waals surface area contributed by atoms with E-state index in [0.29, 0.717) is 26.1 Å². The van der Waals surface area contributed by atoms with Gasteiger partial charge in [0.25, 0.3) is 0 Å². The van der Waals surface area contributed by atoms with Crippen LogP contribution < -0.4 is 11.1 Å². The first kappa shape index (κ1) is 15.4. The maximum absolute atomic E-state index is 12.2. The highest BCUT2D eigenvalue weighted by Gasteiger charge is 2.41. The lowest BCUT2D eigenvalue weighted by molar-refractivity contribution is -0.134. The highest BCUT2D eigenvalue weighted by molar-refractivity contribution is 5.83. The van der Waals surface area contributed by atoms with Crippen LogP contribution in [0.2, 0.25) is 0 Å². The lowest BCUT2D eigenvalue weighted by Crippen LogP contribution is -2.57. The number of aliphatic hydroxyl groups is 1. The van der Waals surface area contributed by atoms with E-state index in [-0.39, 0.29) is 12.5 Å². The van der Waals surface area contributed by atoms with Gasteiger partial charge in [0.2, 0.25) is 5.91 Å². The summed E-state index contributed by atoms with van der Waals surface area (Å²) in [5, 5.41) is 13.1. The summed E-state index contributed by atoms with van der Waals surface area (Å²) in [6, 6.07) is 0. The Balaban J connectivity index is 2.55. The largest absolute Gasteiger partial charge is 0.388 e. The van der Waals surface area contributed by atoms with Crippen molar-refractivity contribution in [2.45, 2.75) is 51.7 Å². The number of hydrogen-bond donors (Lipinski definition) is 3. The average molecular weight is 258 g/mol. The molecule has 1 aliphatic heterocycles. The van der Waals surface area contributed by atoms with E-state index in [1.807, 2.05) is 27.7 Å². The molecule has 5 nitrogen and oxygen atoms in total. The number of nitrogens with one attached hydrogen (secondary N) is 1. The van der Waals surface area contributed by atoms with Gasteiger partial charge >= 0.3 is 0 Å². The first-order valence-electron chi connectivity index (χ1n) is 6.46. The third kappa shape index (κ3) is 3.43. The van der Waals surface area contributed by atoms with E-state index in [1.54, 1.807) is 0 Å². The number of carbonyl (C=O) groups is 1. The molecule has 5 heteroatoms. The molecule has 106 valence electrons. The maximum Gasteiger partial charge on any atom is 0.227 e. The van der Waals surface area contributed by atoms with Crippen molar-refractivity contribution >= 4 is 5.91 Å². The van der Waals surface area contributed by atoms with Crippen molar-refractivity contribution in [3.05, 3.63) is 0 Å². The van der Waals surface area contributed by atoms with Crippen molar-refractivity contribution < 1.29 is 14.6 Å². The van der Waals surface area contributed by atoms with Gasteiger partial charge in [0.1, 0.15) is 0 Å². The van der Waals surface area contributed by atoms with E-state index in [9.17, 15) is 9.90 Å². The molecule has 0 atom stereocenters. The van der Waals surface area contributed by atoms with E-state index in [0.717, 1.165) is 0 Å². The molecule has 1 rings (SSSR count). The molecule has 0 radical (unpaired) electrons. The van der Waals surface area contributed by atoms with Crippen molar-refractivity contribution in [2.75, 3.05) is 19.8 Å². The number of hydrogen-bond acceptors (Lipinski definition) is 4. The standard InChI is InChI=1S/C13H26N2O3/c1-11(2,12(3,4)14)10(16)15-9-13(17)5-7-18-8-6-13/h17H,5-9,14H2,1-4H3,(H,15,16). The molecule has 1 heterocycles. The molecule has 0 aromatic rings. The minimum absolute atomic E-state index is 0.130. The van der Waals surface area contributed by atoms with Crippen molar-refractivity contribution in [3.63, 3.8) is 0 Å². The fraction of sp³-hybridized carbons (Fsp3) is 0.923. The molecule has 1 fully saturated rings. The molecule has 0 spiro atoms. The number of carbonyl (C=O) groups excluding carboxylic acids is 1. The summed E-state index contributed by atoms with van der Waals surface area (Å²) in [6.07, 6.45) is 1.11. The number of rotatable bonds is 4. The van der Waals surface area contributed by atoms with Gasteiger partial charge in [0.15, 0.2) is 0 Å². The van der Waals surface area contributed by atoms with Gasteiger partial charge in [-0.1, -0.05) is 0 Å². The van der Waals surface area contributed by atoms with Crippen LogP contribution in [0.15, 0.2) is 0 Å². The lowest BCUT2D eigenvalue weighted by Gasteiger charge is -2.38. The Hall–Kier alpha value is -0.650. The molecule has 1 aliphatic rings. The first-order chi connectivity index (χ1) is 8.08. The third-order valence-corrected chi connectivity index (χ3v) is 4.18. The Labute approximate surface area is 109 Å². The molecule has 1 amide bonds. The molecule has 4 N–H and O–H groups in total. The Bertz CT molecular complexity index is 302. The van der Waals surface area contributed by atoms with Crippen LogP contribution >= 0.6 is 0 Å². The molecule has 0 saturated carbocycles. The molecule has 1 saturated heterocycles. The van der Waals surface area contributed by atoms with Gasteiger partial charge in [-0.2, -0.15) is 0 Å². The first-order valence-corrected chi connectivity index (χ1v) is 6.46. The molecule has 18 heavy (non-hydrogen) atoms. The quantitative estimate of drug-likeness (QED) is 0.682. The summed E-state index contributed by atoms with van der Waals surface area (Å²) < 4.78 is 5.20. The molecule has 0 aromatic heterocycles. The molecule has 0 aromatic carbocycles. The van der Waals surface area contributed by atoms with E-state index < -0.39 is 16.6 Å². The van der Waals surface area contributed by atoms with Crippen LogP contribution in [0, 0.1) is 5.41 Å². The normalized spacial score (nSPS) is 20.6. The van der Waals surface area contributed by atoms with Crippen LogP contribution in [0.25, 0.3) is 0 Å². The summed E-state index contributed by atoms with van der Waals surface area (Å²) in [6.45, 7) is 8.63. The number of amides is 1. The highest BCUT2D eigenvalue weighted by Crippen LogP contribution is 2.28. The molecular weight excluding hydrogens is 232 g/mol. The molecular formula is C13H26N2O3. The van der Waals surface area contributed by atoms with Gasteiger partial charge < -0.3 is 20.9 Å². The monoisotopic (exact) mass is 258 g/mol. The summed E-state index contributed by atoms with van der Waals surface area (Å²) >= 11 is 0. The van der Waals surface area contributed by atoms with Crippen LogP contribution in [0.1, 0.15) is 40.5 Å². The predicted molar refractivity (Wildman–Crippen MR) is 70.1 cm³/mol. The van der Waals surface area contributed by atoms with E-state index in [2.05, 4.69) is 5.32 Å². The van der Waals surface area contributed by atoms with Gasteiger partial charge in [0, 0.05) is 38.1 Å².